The van der Waals surface area contributed by atoms with E-state index in [2.05, 4.69) is 16.8 Å². The first-order valence-electron chi connectivity index (χ1n) is 9.99. The maximum atomic E-state index is 14.8. The number of aromatic nitrogens is 1. The predicted octanol–water partition coefficient (Wildman–Crippen LogP) is 4.12. The number of carbonyl (C=O) groups is 1. The van der Waals surface area contributed by atoms with Crippen LogP contribution in [0.4, 0.5) is 8.78 Å². The molecule has 2 saturated heterocycles. The third kappa shape index (κ3) is 3.78. The summed E-state index contributed by atoms with van der Waals surface area (Å²) < 4.78 is 27.8. The van der Waals surface area contributed by atoms with E-state index in [-0.39, 0.29) is 17.5 Å². The van der Waals surface area contributed by atoms with Gasteiger partial charge in [-0.05, 0) is 69.0 Å². The van der Waals surface area contributed by atoms with Gasteiger partial charge in [0.25, 0.3) is 5.91 Å². The molecule has 2 aliphatic heterocycles. The predicted molar refractivity (Wildman–Crippen MR) is 104 cm³/mol. The van der Waals surface area contributed by atoms with Gasteiger partial charge in [-0.3, -0.25) is 9.69 Å². The third-order valence-corrected chi connectivity index (χ3v) is 6.03. The third-order valence-electron chi connectivity index (χ3n) is 6.03. The Morgan fingerprint density at radius 2 is 1.89 bits per heavy atom. The summed E-state index contributed by atoms with van der Waals surface area (Å²) in [6.45, 7) is 4.86. The second-order valence-electron chi connectivity index (χ2n) is 7.85. The van der Waals surface area contributed by atoms with E-state index in [0.717, 1.165) is 25.9 Å². The molecule has 2 atom stereocenters. The van der Waals surface area contributed by atoms with Gasteiger partial charge in [-0.1, -0.05) is 6.07 Å². The zero-order chi connectivity index (χ0) is 19.7. The van der Waals surface area contributed by atoms with E-state index >= 15 is 0 Å². The van der Waals surface area contributed by atoms with Crippen LogP contribution in [0.2, 0.25) is 0 Å². The highest BCUT2D eigenvalue weighted by atomic mass is 19.1. The molecule has 2 aliphatic rings. The second-order valence-corrected chi connectivity index (χ2v) is 7.85. The van der Waals surface area contributed by atoms with Crippen molar-refractivity contribution in [2.45, 2.75) is 44.7 Å². The van der Waals surface area contributed by atoms with Crippen LogP contribution < -0.4 is 0 Å². The Labute approximate surface area is 164 Å². The molecule has 4 rings (SSSR count). The van der Waals surface area contributed by atoms with Crippen molar-refractivity contribution < 1.29 is 13.6 Å². The Morgan fingerprint density at radius 3 is 2.57 bits per heavy atom. The Kier molecular flexibility index (Phi) is 5.40. The molecular weight excluding hydrogens is 360 g/mol. The molecule has 0 N–H and O–H groups in total. The van der Waals surface area contributed by atoms with Gasteiger partial charge < -0.3 is 4.90 Å². The molecular formula is C22H25F2N3O. The van der Waals surface area contributed by atoms with Gasteiger partial charge in [0.05, 0.1) is 5.56 Å². The van der Waals surface area contributed by atoms with Crippen LogP contribution in [0.3, 0.4) is 0 Å². The summed E-state index contributed by atoms with van der Waals surface area (Å²) in [7, 11) is 0. The van der Waals surface area contributed by atoms with Gasteiger partial charge in [0, 0.05) is 36.9 Å². The summed E-state index contributed by atoms with van der Waals surface area (Å²) in [6.07, 6.45) is 5.69. The van der Waals surface area contributed by atoms with Crippen molar-refractivity contribution >= 4 is 5.91 Å². The minimum absolute atomic E-state index is 0.0974. The van der Waals surface area contributed by atoms with Crippen molar-refractivity contribution in [3.8, 4) is 11.1 Å². The first-order valence-corrected chi connectivity index (χ1v) is 9.99. The minimum atomic E-state index is -0.580. The molecule has 0 saturated carbocycles. The molecule has 0 bridgehead atoms. The van der Waals surface area contributed by atoms with Crippen LogP contribution in [-0.2, 0) is 0 Å². The second kappa shape index (κ2) is 7.95. The molecule has 1 aromatic heterocycles. The van der Waals surface area contributed by atoms with Crippen molar-refractivity contribution in [3.05, 3.63) is 53.9 Å². The fourth-order valence-corrected chi connectivity index (χ4v) is 4.40. The average molecular weight is 385 g/mol. The van der Waals surface area contributed by atoms with E-state index in [1.54, 1.807) is 12.1 Å². The Morgan fingerprint density at radius 1 is 1.11 bits per heavy atom. The number of pyridine rings is 1. The zero-order valence-electron chi connectivity index (χ0n) is 16.1. The van der Waals surface area contributed by atoms with Gasteiger partial charge in [-0.15, -0.1) is 0 Å². The molecule has 1 amide bonds. The number of nitrogens with zero attached hydrogens (tertiary/aromatic N) is 3. The Balaban J connectivity index is 1.51. The fourth-order valence-electron chi connectivity index (χ4n) is 4.40. The summed E-state index contributed by atoms with van der Waals surface area (Å²) in [4.78, 5) is 20.9. The smallest absolute Gasteiger partial charge is 0.257 e. The molecule has 0 spiro atoms. The monoisotopic (exact) mass is 385 g/mol. The largest absolute Gasteiger partial charge is 0.334 e. The topological polar surface area (TPSA) is 36.4 Å². The molecule has 4 nitrogen and oxygen atoms in total. The van der Waals surface area contributed by atoms with Crippen molar-refractivity contribution in [2.24, 2.45) is 0 Å². The van der Waals surface area contributed by atoms with Crippen LogP contribution in [0.5, 0.6) is 0 Å². The summed E-state index contributed by atoms with van der Waals surface area (Å²) in [5, 5.41) is 0. The number of hydrogen-bond acceptors (Lipinski definition) is 3. The molecule has 28 heavy (non-hydrogen) atoms. The van der Waals surface area contributed by atoms with E-state index in [1.807, 2.05) is 4.90 Å². The lowest BCUT2D eigenvalue weighted by molar-refractivity contribution is 0.0692. The van der Waals surface area contributed by atoms with Crippen LogP contribution in [0.1, 0.15) is 43.0 Å². The minimum Gasteiger partial charge on any atom is -0.334 e. The Hall–Kier alpha value is -2.34. The molecule has 6 heteroatoms. The van der Waals surface area contributed by atoms with Gasteiger partial charge >= 0.3 is 0 Å². The van der Waals surface area contributed by atoms with Crippen LogP contribution in [0, 0.1) is 11.8 Å². The first-order chi connectivity index (χ1) is 13.5. The van der Waals surface area contributed by atoms with Crippen LogP contribution in [-0.4, -0.2) is 52.4 Å². The van der Waals surface area contributed by atoms with Crippen molar-refractivity contribution in [2.75, 3.05) is 19.6 Å². The molecule has 3 heterocycles. The number of rotatable bonds is 4. The van der Waals surface area contributed by atoms with Crippen LogP contribution in [0.25, 0.3) is 11.1 Å². The van der Waals surface area contributed by atoms with Crippen molar-refractivity contribution in [1.29, 1.82) is 0 Å². The molecule has 0 radical (unpaired) electrons. The molecule has 2 aromatic rings. The number of carbonyl (C=O) groups excluding carboxylic acids is 1. The highest BCUT2D eigenvalue weighted by Crippen LogP contribution is 2.27. The summed E-state index contributed by atoms with van der Waals surface area (Å²) in [5.41, 5.74) is 1.28. The number of benzene rings is 1. The van der Waals surface area contributed by atoms with Gasteiger partial charge in [0.2, 0.25) is 5.95 Å². The van der Waals surface area contributed by atoms with Crippen molar-refractivity contribution in [3.63, 3.8) is 0 Å². The molecule has 148 valence electrons. The molecule has 1 unspecified atom stereocenters. The highest BCUT2D eigenvalue weighted by Gasteiger charge is 2.33. The van der Waals surface area contributed by atoms with E-state index < -0.39 is 11.8 Å². The summed E-state index contributed by atoms with van der Waals surface area (Å²) in [6, 6.07) is 8.04. The maximum absolute atomic E-state index is 14.8. The van der Waals surface area contributed by atoms with Crippen LogP contribution in [0.15, 0.2) is 36.5 Å². The highest BCUT2D eigenvalue weighted by molar-refractivity contribution is 5.95. The normalized spacial score (nSPS) is 22.8. The molecule has 0 aliphatic carbocycles. The lowest BCUT2D eigenvalue weighted by atomic mass is 10.0. The van der Waals surface area contributed by atoms with E-state index in [4.69, 9.17) is 0 Å². The van der Waals surface area contributed by atoms with E-state index in [0.29, 0.717) is 23.7 Å². The van der Waals surface area contributed by atoms with Gasteiger partial charge in [0.15, 0.2) is 0 Å². The first kappa shape index (κ1) is 19.0. The lowest BCUT2D eigenvalue weighted by Gasteiger charge is -2.31. The summed E-state index contributed by atoms with van der Waals surface area (Å²) in [5.74, 6) is -1.37. The zero-order valence-corrected chi connectivity index (χ0v) is 16.1. The van der Waals surface area contributed by atoms with Gasteiger partial charge in [0.1, 0.15) is 5.82 Å². The quantitative estimate of drug-likeness (QED) is 0.743. The fraction of sp³-hybridized carbons (Fsp3) is 0.455. The summed E-state index contributed by atoms with van der Waals surface area (Å²) >= 11 is 0. The lowest BCUT2D eigenvalue weighted by Crippen LogP contribution is -2.44. The standard InChI is InChI=1S/C22H25F2N3O/c1-15-4-2-10-26(15)14-18-5-3-11-27(18)22(28)19-8-6-16(12-20(19)23)17-7-9-21(24)25-13-17/h6-9,12-13,15,18H,2-5,10-11,14H2,1H3/t15-,18?/m0/s1. The number of likely N-dealkylation sites (tertiary alicyclic amines) is 2. The van der Waals surface area contributed by atoms with E-state index in [9.17, 15) is 13.6 Å². The van der Waals surface area contributed by atoms with Crippen LogP contribution >= 0.6 is 0 Å². The SMILES string of the molecule is C[C@H]1CCCN1CC1CCCN1C(=O)c1ccc(-c2ccc(F)nc2)cc1F. The van der Waals surface area contributed by atoms with Crippen molar-refractivity contribution in [1.82, 2.24) is 14.8 Å². The molecule has 2 fully saturated rings. The van der Waals surface area contributed by atoms with E-state index in [1.165, 1.54) is 37.2 Å². The van der Waals surface area contributed by atoms with Gasteiger partial charge in [-0.25, -0.2) is 9.37 Å². The molecule has 1 aromatic carbocycles. The Bertz CT molecular complexity index is 855. The number of hydrogen-bond donors (Lipinski definition) is 0. The maximum Gasteiger partial charge on any atom is 0.257 e. The van der Waals surface area contributed by atoms with Gasteiger partial charge in [-0.2, -0.15) is 4.39 Å². The number of halogens is 2. The average Bonchev–Trinajstić information content (AvgIpc) is 3.31. The number of amides is 1.